The molecule has 0 bridgehead atoms. The fourth-order valence-electron chi connectivity index (χ4n) is 3.37. The number of aromatic amines is 1. The number of nitrogens with zero attached hydrogens (tertiary/aromatic N) is 3. The number of esters is 1. The summed E-state index contributed by atoms with van der Waals surface area (Å²) in [6.07, 6.45) is 2.21. The van der Waals surface area contributed by atoms with Crippen LogP contribution in [0.25, 0.3) is 11.2 Å². The second kappa shape index (κ2) is 12.0. The molecule has 0 aliphatic rings. The lowest BCUT2D eigenvalue weighted by Gasteiger charge is -2.23. The van der Waals surface area contributed by atoms with Gasteiger partial charge in [0.15, 0.2) is 11.2 Å². The minimum atomic E-state index is -3.48. The average Bonchev–Trinajstić information content (AvgIpc) is 3.22. The Bertz CT molecular complexity index is 1180. The van der Waals surface area contributed by atoms with E-state index in [4.69, 9.17) is 15.0 Å². The molecule has 0 saturated heterocycles. The highest BCUT2D eigenvalue weighted by atomic mass is 31.2. The van der Waals surface area contributed by atoms with Crippen LogP contribution in [-0.4, -0.2) is 68.7 Å². The Hall–Kier alpha value is -2.89. The van der Waals surface area contributed by atoms with Gasteiger partial charge >= 0.3 is 5.97 Å². The zero-order valence-corrected chi connectivity index (χ0v) is 19.7. The number of carbonyl (C=O) groups excluding carboxylic acids is 1. The molecule has 3 aromatic rings. The Labute approximate surface area is 196 Å². The van der Waals surface area contributed by atoms with Crippen molar-refractivity contribution >= 4 is 24.6 Å². The highest BCUT2D eigenvalue weighted by Crippen LogP contribution is 2.32. The summed E-state index contributed by atoms with van der Waals surface area (Å²) in [7, 11) is -3.48. The van der Waals surface area contributed by atoms with Gasteiger partial charge in [-0.25, -0.2) is 15.1 Å². The Balaban J connectivity index is 1.58. The van der Waals surface area contributed by atoms with Crippen LogP contribution in [0, 0.1) is 0 Å². The standard InChI is InChI=1S/C21H29N6O6P/c1-2-32-21(30)17(10-15-6-4-3-5-7-15)26-34(22,31)9-8-33-16(12-28)11-27-14-25-18-19(27)23-13-24-20(18)29/h3-7,13-14,16-17,28H,2,8-12H2,1H3,(H3,22,26,31)(H,23,24,29)/t16-,17-,34?/m0/s1. The van der Waals surface area contributed by atoms with Gasteiger partial charge in [0.1, 0.15) is 6.04 Å². The number of aromatic nitrogens is 4. The molecule has 13 heteroatoms. The molecule has 2 aromatic heterocycles. The molecular formula is C21H29N6O6P. The van der Waals surface area contributed by atoms with Gasteiger partial charge in [-0.15, -0.1) is 0 Å². The first-order valence-electron chi connectivity index (χ1n) is 10.8. The van der Waals surface area contributed by atoms with Crippen molar-refractivity contribution in [3.8, 4) is 0 Å². The molecule has 0 spiro atoms. The van der Waals surface area contributed by atoms with Crippen LogP contribution in [0.15, 0.2) is 47.8 Å². The number of nitrogens with two attached hydrogens (primary N) is 1. The zero-order chi connectivity index (χ0) is 24.6. The Morgan fingerprint density at radius 3 is 2.79 bits per heavy atom. The topological polar surface area (TPSA) is 174 Å². The third-order valence-corrected chi connectivity index (χ3v) is 6.61. The molecule has 2 heterocycles. The van der Waals surface area contributed by atoms with Crippen LogP contribution in [0.2, 0.25) is 0 Å². The van der Waals surface area contributed by atoms with E-state index in [0.29, 0.717) is 5.65 Å². The van der Waals surface area contributed by atoms with Crippen molar-refractivity contribution in [1.29, 1.82) is 0 Å². The molecular weight excluding hydrogens is 463 g/mol. The molecule has 0 aliphatic carbocycles. The van der Waals surface area contributed by atoms with E-state index in [2.05, 4.69) is 20.0 Å². The molecule has 3 atom stereocenters. The number of hydrogen-bond donors (Lipinski definition) is 4. The third kappa shape index (κ3) is 7.05. The van der Waals surface area contributed by atoms with Gasteiger partial charge in [0, 0.05) is 0 Å². The summed E-state index contributed by atoms with van der Waals surface area (Å²) in [5.41, 5.74) is 7.02. The number of benzene rings is 1. The molecule has 0 saturated carbocycles. The normalized spacial score (nSPS) is 15.0. The van der Waals surface area contributed by atoms with Gasteiger partial charge < -0.3 is 24.1 Å². The highest BCUT2D eigenvalue weighted by molar-refractivity contribution is 7.59. The van der Waals surface area contributed by atoms with Crippen LogP contribution in [-0.2, 0) is 31.8 Å². The quantitative estimate of drug-likeness (QED) is 0.193. The van der Waals surface area contributed by atoms with Crippen LogP contribution in [0.1, 0.15) is 12.5 Å². The van der Waals surface area contributed by atoms with Gasteiger partial charge in [-0.3, -0.25) is 19.7 Å². The van der Waals surface area contributed by atoms with Crippen LogP contribution in [0.5, 0.6) is 0 Å². The largest absolute Gasteiger partial charge is 0.465 e. The lowest BCUT2D eigenvalue weighted by molar-refractivity contribution is -0.145. The lowest BCUT2D eigenvalue weighted by atomic mass is 10.1. The molecule has 12 nitrogen and oxygen atoms in total. The van der Waals surface area contributed by atoms with Gasteiger partial charge in [-0.2, -0.15) is 0 Å². The molecule has 184 valence electrons. The summed E-state index contributed by atoms with van der Waals surface area (Å²) in [5, 5.41) is 12.4. The number of aliphatic hydroxyl groups excluding tert-OH is 1. The summed E-state index contributed by atoms with van der Waals surface area (Å²) in [6.45, 7) is 1.69. The lowest BCUT2D eigenvalue weighted by Crippen LogP contribution is -2.40. The number of imidazole rings is 1. The number of nitrogens with one attached hydrogen (secondary N) is 2. The van der Waals surface area contributed by atoms with Gasteiger partial charge in [-0.05, 0) is 18.9 Å². The maximum absolute atomic E-state index is 13.0. The number of rotatable bonds is 13. The van der Waals surface area contributed by atoms with Crippen molar-refractivity contribution in [3.63, 3.8) is 0 Å². The summed E-state index contributed by atoms with van der Waals surface area (Å²) >= 11 is 0. The molecule has 0 fully saturated rings. The molecule has 1 aromatic carbocycles. The minimum Gasteiger partial charge on any atom is -0.465 e. The number of hydrogen-bond acceptors (Lipinski definition) is 8. The van der Waals surface area contributed by atoms with Crippen molar-refractivity contribution in [1.82, 2.24) is 24.6 Å². The predicted molar refractivity (Wildman–Crippen MR) is 125 cm³/mol. The van der Waals surface area contributed by atoms with Crippen LogP contribution in [0.3, 0.4) is 0 Å². The molecule has 0 amide bonds. The number of aliphatic hydroxyl groups is 1. The van der Waals surface area contributed by atoms with Crippen LogP contribution < -0.4 is 16.2 Å². The van der Waals surface area contributed by atoms with Crippen LogP contribution >= 0.6 is 7.44 Å². The predicted octanol–water partition coefficient (Wildman–Crippen LogP) is 0.413. The summed E-state index contributed by atoms with van der Waals surface area (Å²) in [6, 6.07) is 8.38. The highest BCUT2D eigenvalue weighted by Gasteiger charge is 2.28. The number of H-pyrrole nitrogens is 1. The van der Waals surface area contributed by atoms with E-state index >= 15 is 0 Å². The van der Waals surface area contributed by atoms with E-state index in [-0.39, 0.29) is 50.0 Å². The molecule has 34 heavy (non-hydrogen) atoms. The fraction of sp³-hybridized carbons (Fsp3) is 0.429. The van der Waals surface area contributed by atoms with Gasteiger partial charge in [0.2, 0.25) is 7.44 Å². The van der Waals surface area contributed by atoms with Crippen molar-refractivity contribution < 1.29 is 23.9 Å². The van der Waals surface area contributed by atoms with Gasteiger partial charge in [0.05, 0.1) is 51.3 Å². The van der Waals surface area contributed by atoms with Gasteiger partial charge in [0.25, 0.3) is 5.56 Å². The first kappa shape index (κ1) is 25.7. The zero-order valence-electron chi connectivity index (χ0n) is 18.8. The minimum absolute atomic E-state index is 0.0342. The van der Waals surface area contributed by atoms with Gasteiger partial charge in [-0.1, -0.05) is 30.3 Å². The Morgan fingerprint density at radius 1 is 1.32 bits per heavy atom. The Kier molecular flexibility index (Phi) is 9.08. The van der Waals surface area contributed by atoms with E-state index in [9.17, 15) is 19.3 Å². The molecule has 5 N–H and O–H groups in total. The van der Waals surface area contributed by atoms with E-state index in [1.54, 1.807) is 11.5 Å². The van der Waals surface area contributed by atoms with E-state index in [1.807, 2.05) is 30.3 Å². The molecule has 1 unspecified atom stereocenters. The number of ether oxygens (including phenoxy) is 2. The maximum Gasteiger partial charge on any atom is 0.323 e. The molecule has 3 rings (SSSR count). The first-order chi connectivity index (χ1) is 16.3. The van der Waals surface area contributed by atoms with Crippen LogP contribution in [0.4, 0.5) is 0 Å². The second-order valence-electron chi connectivity index (χ2n) is 7.62. The molecule has 0 radical (unpaired) electrons. The fourth-order valence-corrected chi connectivity index (χ4v) is 4.60. The SMILES string of the molecule is CCOC(=O)[C@H](Cc1ccccc1)NP(N)(=O)CCO[C@H](CO)Cn1cnc2c(=O)[nH]cnc21. The number of carbonyl (C=O) groups is 1. The Morgan fingerprint density at radius 2 is 2.09 bits per heavy atom. The summed E-state index contributed by atoms with van der Waals surface area (Å²) in [4.78, 5) is 34.7. The average molecular weight is 492 g/mol. The van der Waals surface area contributed by atoms with E-state index in [1.165, 1.54) is 12.7 Å². The van der Waals surface area contributed by atoms with Crippen molar-refractivity contribution in [2.75, 3.05) is 26.0 Å². The summed E-state index contributed by atoms with van der Waals surface area (Å²) < 4.78 is 25.3. The third-order valence-electron chi connectivity index (χ3n) is 5.02. The van der Waals surface area contributed by atoms with E-state index in [0.717, 1.165) is 5.56 Å². The van der Waals surface area contributed by atoms with Crippen molar-refractivity contribution in [3.05, 3.63) is 58.9 Å². The monoisotopic (exact) mass is 492 g/mol. The van der Waals surface area contributed by atoms with Crippen molar-refractivity contribution in [2.45, 2.75) is 32.0 Å². The van der Waals surface area contributed by atoms with Crippen molar-refractivity contribution in [2.24, 2.45) is 5.50 Å². The first-order valence-corrected chi connectivity index (χ1v) is 12.8. The summed E-state index contributed by atoms with van der Waals surface area (Å²) in [5.74, 6) is -0.541. The molecule has 0 aliphatic heterocycles. The van der Waals surface area contributed by atoms with E-state index < -0.39 is 25.6 Å². The number of fused-ring (bicyclic) bond motifs is 1. The second-order valence-corrected chi connectivity index (χ2v) is 9.92. The smallest absolute Gasteiger partial charge is 0.323 e. The maximum atomic E-state index is 13.0.